The van der Waals surface area contributed by atoms with Gasteiger partial charge in [0.2, 0.25) is 5.90 Å². The molecule has 0 amide bonds. The fourth-order valence-corrected chi connectivity index (χ4v) is 2.12. The van der Waals surface area contributed by atoms with E-state index < -0.39 is 6.48 Å². The molecule has 1 aromatic carbocycles. The lowest BCUT2D eigenvalue weighted by Gasteiger charge is -2.15. The third-order valence-electron chi connectivity index (χ3n) is 3.53. The molecule has 0 saturated heterocycles. The molecule has 0 saturated carbocycles. The van der Waals surface area contributed by atoms with Crippen LogP contribution in [0.25, 0.3) is 0 Å². The lowest BCUT2D eigenvalue weighted by Crippen LogP contribution is -2.19. The van der Waals surface area contributed by atoms with Crippen LogP contribution in [0.5, 0.6) is 0 Å². The molecule has 5 heteroatoms. The lowest BCUT2D eigenvalue weighted by molar-refractivity contribution is -0.280. The van der Waals surface area contributed by atoms with E-state index in [1.807, 2.05) is 31.2 Å². The number of aliphatic imine (C=N–C) groups is 1. The van der Waals surface area contributed by atoms with E-state index in [2.05, 4.69) is 18.8 Å². The Bertz CT molecular complexity index is 484. The second-order valence-corrected chi connectivity index (χ2v) is 5.54. The Hall–Kier alpha value is -1.43. The first-order valence-corrected chi connectivity index (χ1v) is 7.70. The smallest absolute Gasteiger partial charge is 0.271 e. The fourth-order valence-electron chi connectivity index (χ4n) is 2.12. The quantitative estimate of drug-likeness (QED) is 0.693. The second-order valence-electron chi connectivity index (χ2n) is 5.54. The Morgan fingerprint density at radius 3 is 2.50 bits per heavy atom. The summed E-state index contributed by atoms with van der Waals surface area (Å²) in [5, 5.41) is 0. The minimum absolute atomic E-state index is 0.256. The molecule has 2 atom stereocenters. The zero-order valence-corrected chi connectivity index (χ0v) is 13.7. The summed E-state index contributed by atoms with van der Waals surface area (Å²) in [4.78, 5) is 4.62. The number of hydrogen-bond donors (Lipinski definition) is 0. The zero-order chi connectivity index (χ0) is 15.9. The molecule has 0 radical (unpaired) electrons. The first-order valence-electron chi connectivity index (χ1n) is 7.70. The number of rotatable bonds is 8. The summed E-state index contributed by atoms with van der Waals surface area (Å²) < 4.78 is 21.5. The van der Waals surface area contributed by atoms with Gasteiger partial charge in [-0.15, -0.1) is 0 Å². The SMILES string of the molecule is CCOC(OC)OCc1ccc(C2=N[C@@H](C(C)C)CO2)cc1. The highest BCUT2D eigenvalue weighted by atomic mass is 16.8. The van der Waals surface area contributed by atoms with Crippen LogP contribution in [0.4, 0.5) is 0 Å². The van der Waals surface area contributed by atoms with Gasteiger partial charge in [0, 0.05) is 19.3 Å². The van der Waals surface area contributed by atoms with E-state index in [4.69, 9.17) is 18.9 Å². The molecule has 1 aliphatic heterocycles. The standard InChI is InChI=1S/C17H25NO4/c1-5-20-17(19-4)22-10-13-6-8-14(9-7-13)16-18-15(11-21-16)12(2)3/h6-9,12,15,17H,5,10-11H2,1-4H3/t15-,17?/m1/s1. The van der Waals surface area contributed by atoms with Crippen molar-refractivity contribution < 1.29 is 18.9 Å². The molecule has 0 aliphatic carbocycles. The molecule has 1 heterocycles. The van der Waals surface area contributed by atoms with Crippen molar-refractivity contribution in [3.8, 4) is 0 Å². The second kappa shape index (κ2) is 8.27. The van der Waals surface area contributed by atoms with E-state index in [1.165, 1.54) is 0 Å². The molecule has 2 rings (SSSR count). The summed E-state index contributed by atoms with van der Waals surface area (Å²) in [5.74, 6) is 1.23. The normalized spacial score (nSPS) is 19.1. The molecule has 0 spiro atoms. The van der Waals surface area contributed by atoms with Crippen LogP contribution in [0.3, 0.4) is 0 Å². The number of ether oxygens (including phenoxy) is 4. The van der Waals surface area contributed by atoms with Gasteiger partial charge in [0.25, 0.3) is 6.48 Å². The molecule has 122 valence electrons. The molecule has 0 aromatic heterocycles. The number of hydrogen-bond acceptors (Lipinski definition) is 5. The molecule has 0 bridgehead atoms. The topological polar surface area (TPSA) is 49.3 Å². The predicted octanol–water partition coefficient (Wildman–Crippen LogP) is 2.97. The van der Waals surface area contributed by atoms with Crippen molar-refractivity contribution in [2.45, 2.75) is 39.9 Å². The molecule has 1 aromatic rings. The number of benzene rings is 1. The minimum Gasteiger partial charge on any atom is -0.475 e. The average molecular weight is 307 g/mol. The van der Waals surface area contributed by atoms with Crippen LogP contribution in [-0.2, 0) is 25.6 Å². The molecule has 1 unspecified atom stereocenters. The Labute approximate surface area is 132 Å². The largest absolute Gasteiger partial charge is 0.475 e. The van der Waals surface area contributed by atoms with Gasteiger partial charge in [-0.2, -0.15) is 0 Å². The van der Waals surface area contributed by atoms with Crippen LogP contribution in [0, 0.1) is 5.92 Å². The van der Waals surface area contributed by atoms with E-state index in [0.29, 0.717) is 25.7 Å². The van der Waals surface area contributed by atoms with Crippen molar-refractivity contribution in [3.63, 3.8) is 0 Å². The van der Waals surface area contributed by atoms with Crippen LogP contribution < -0.4 is 0 Å². The molecule has 0 N–H and O–H groups in total. The van der Waals surface area contributed by atoms with Crippen LogP contribution in [0.1, 0.15) is 31.9 Å². The Morgan fingerprint density at radius 2 is 1.95 bits per heavy atom. The Morgan fingerprint density at radius 1 is 1.23 bits per heavy atom. The molecule has 1 aliphatic rings. The van der Waals surface area contributed by atoms with Gasteiger partial charge in [-0.3, -0.25) is 0 Å². The van der Waals surface area contributed by atoms with Crippen molar-refractivity contribution in [2.24, 2.45) is 10.9 Å². The minimum atomic E-state index is -0.626. The maximum atomic E-state index is 5.68. The average Bonchev–Trinajstić information content (AvgIpc) is 3.02. The van der Waals surface area contributed by atoms with Gasteiger partial charge in [0.05, 0.1) is 12.6 Å². The third kappa shape index (κ3) is 4.53. The molecule has 0 fully saturated rings. The number of methoxy groups -OCH3 is 1. The van der Waals surface area contributed by atoms with Crippen molar-refractivity contribution in [1.29, 1.82) is 0 Å². The Kier molecular flexibility index (Phi) is 6.36. The maximum absolute atomic E-state index is 5.68. The fraction of sp³-hybridized carbons (Fsp3) is 0.588. The van der Waals surface area contributed by atoms with Crippen LogP contribution in [0.2, 0.25) is 0 Å². The van der Waals surface area contributed by atoms with Gasteiger partial charge in [-0.1, -0.05) is 26.0 Å². The van der Waals surface area contributed by atoms with Crippen LogP contribution >= 0.6 is 0 Å². The summed E-state index contributed by atoms with van der Waals surface area (Å²) in [7, 11) is 1.56. The van der Waals surface area contributed by atoms with Gasteiger partial charge in [-0.05, 0) is 30.5 Å². The van der Waals surface area contributed by atoms with Crippen LogP contribution in [-0.4, -0.2) is 38.7 Å². The van der Waals surface area contributed by atoms with Crippen molar-refractivity contribution in [2.75, 3.05) is 20.3 Å². The van der Waals surface area contributed by atoms with Gasteiger partial charge < -0.3 is 18.9 Å². The van der Waals surface area contributed by atoms with E-state index in [0.717, 1.165) is 17.0 Å². The van der Waals surface area contributed by atoms with Crippen LogP contribution in [0.15, 0.2) is 29.3 Å². The van der Waals surface area contributed by atoms with E-state index in [9.17, 15) is 0 Å². The number of nitrogens with zero attached hydrogens (tertiary/aromatic N) is 1. The molecule has 22 heavy (non-hydrogen) atoms. The summed E-state index contributed by atoms with van der Waals surface area (Å²) >= 11 is 0. The summed E-state index contributed by atoms with van der Waals surface area (Å²) in [5.41, 5.74) is 2.05. The van der Waals surface area contributed by atoms with E-state index in [-0.39, 0.29) is 6.04 Å². The summed E-state index contributed by atoms with van der Waals surface area (Å²) in [6, 6.07) is 8.27. The first-order chi connectivity index (χ1) is 10.6. The lowest BCUT2D eigenvalue weighted by atomic mass is 10.1. The highest BCUT2D eigenvalue weighted by Gasteiger charge is 2.22. The summed E-state index contributed by atoms with van der Waals surface area (Å²) in [6.07, 6.45) is 0. The van der Waals surface area contributed by atoms with Gasteiger partial charge >= 0.3 is 0 Å². The van der Waals surface area contributed by atoms with E-state index in [1.54, 1.807) is 7.11 Å². The van der Waals surface area contributed by atoms with E-state index >= 15 is 0 Å². The van der Waals surface area contributed by atoms with Crippen molar-refractivity contribution in [3.05, 3.63) is 35.4 Å². The Balaban J connectivity index is 1.92. The van der Waals surface area contributed by atoms with Crippen molar-refractivity contribution in [1.82, 2.24) is 0 Å². The van der Waals surface area contributed by atoms with Gasteiger partial charge in [0.1, 0.15) is 6.61 Å². The van der Waals surface area contributed by atoms with Gasteiger partial charge in [-0.25, -0.2) is 4.99 Å². The first kappa shape index (κ1) is 16.9. The monoisotopic (exact) mass is 307 g/mol. The highest BCUT2D eigenvalue weighted by molar-refractivity contribution is 5.95. The third-order valence-corrected chi connectivity index (χ3v) is 3.53. The van der Waals surface area contributed by atoms with Gasteiger partial charge in [0.15, 0.2) is 0 Å². The van der Waals surface area contributed by atoms with Crippen molar-refractivity contribution >= 4 is 5.90 Å². The predicted molar refractivity (Wildman–Crippen MR) is 84.8 cm³/mol. The molecular formula is C17H25NO4. The zero-order valence-electron chi connectivity index (χ0n) is 13.7. The highest BCUT2D eigenvalue weighted by Crippen LogP contribution is 2.18. The summed E-state index contributed by atoms with van der Waals surface area (Å²) in [6.45, 7) is 7.24. The molecular weight excluding hydrogens is 282 g/mol. The molecule has 5 nitrogen and oxygen atoms in total. The maximum Gasteiger partial charge on any atom is 0.271 e.